The number of fused-ring (bicyclic) bond motifs is 1. The molecule has 0 saturated heterocycles. The summed E-state index contributed by atoms with van der Waals surface area (Å²) < 4.78 is 0. The van der Waals surface area contributed by atoms with Gasteiger partial charge in [-0.15, -0.1) is 0 Å². The summed E-state index contributed by atoms with van der Waals surface area (Å²) in [5.74, 6) is -1.37. The average molecular weight is 521 g/mol. The Bertz CT molecular complexity index is 1140. The molecule has 7 heteroatoms. The molecule has 0 aromatic heterocycles. The number of para-hydroxylation sites is 1. The van der Waals surface area contributed by atoms with Gasteiger partial charge in [0.2, 0.25) is 11.8 Å². The quantitative estimate of drug-likeness (QED) is 0.512. The first-order valence-corrected chi connectivity index (χ1v) is 13.3. The van der Waals surface area contributed by atoms with E-state index in [1.54, 1.807) is 11.9 Å². The molecular weight excluding hydrogens is 476 g/mol. The number of nitrogens with zero attached hydrogens (tertiary/aromatic N) is 2. The average Bonchev–Trinajstić information content (AvgIpc) is 2.94. The van der Waals surface area contributed by atoms with Gasteiger partial charge in [0.05, 0.1) is 11.4 Å². The maximum absolute atomic E-state index is 12.3. The molecular formula is C31H44N4O3. The second-order valence-corrected chi connectivity index (χ2v) is 11.7. The Balaban J connectivity index is 0.000000269. The molecule has 0 fully saturated rings. The van der Waals surface area contributed by atoms with Gasteiger partial charge in [0.25, 0.3) is 5.91 Å². The second kappa shape index (κ2) is 13.4. The van der Waals surface area contributed by atoms with E-state index in [0.29, 0.717) is 18.8 Å². The van der Waals surface area contributed by atoms with Crippen molar-refractivity contribution in [2.24, 2.45) is 39.6 Å². The number of aliphatic imine (C=N–C) groups is 1. The van der Waals surface area contributed by atoms with Gasteiger partial charge in [0.15, 0.2) is 0 Å². The SMILES string of the molecule is CC(C)C[C@@H](C(N)=O)[C@H](CCC(C)(C)C)C(N)=O.C[C@H]1N=C(c2ccccc2)c2ccccc2N(C)C1=O. The minimum Gasteiger partial charge on any atom is -0.369 e. The van der Waals surface area contributed by atoms with Crippen molar-refractivity contribution >= 4 is 29.1 Å². The molecule has 0 spiro atoms. The van der Waals surface area contributed by atoms with Crippen LogP contribution in [0.1, 0.15) is 71.9 Å². The predicted octanol–water partition coefficient (Wildman–Crippen LogP) is 4.95. The van der Waals surface area contributed by atoms with Gasteiger partial charge in [-0.3, -0.25) is 19.4 Å². The molecule has 3 atom stereocenters. The van der Waals surface area contributed by atoms with Crippen LogP contribution in [0, 0.1) is 23.2 Å². The number of amides is 3. The van der Waals surface area contributed by atoms with Gasteiger partial charge in [0, 0.05) is 30.0 Å². The monoisotopic (exact) mass is 520 g/mol. The van der Waals surface area contributed by atoms with Crippen molar-refractivity contribution in [2.45, 2.75) is 66.8 Å². The largest absolute Gasteiger partial charge is 0.369 e. The summed E-state index contributed by atoms with van der Waals surface area (Å²) in [6.07, 6.45) is 2.09. The molecule has 1 aliphatic heterocycles. The van der Waals surface area contributed by atoms with Crippen molar-refractivity contribution in [3.05, 3.63) is 65.7 Å². The Kier molecular flexibility index (Phi) is 10.8. The van der Waals surface area contributed by atoms with Crippen LogP contribution >= 0.6 is 0 Å². The third-order valence-corrected chi connectivity index (χ3v) is 6.73. The Labute approximate surface area is 227 Å². The number of benzodiazepines with no additional fused rings is 1. The molecule has 3 amide bonds. The highest BCUT2D eigenvalue weighted by Gasteiger charge is 2.32. The first kappa shape index (κ1) is 30.7. The number of nitrogens with two attached hydrogens (primary N) is 2. The molecule has 3 rings (SSSR count). The molecule has 0 bridgehead atoms. The smallest absolute Gasteiger partial charge is 0.251 e. The molecule has 206 valence electrons. The molecule has 0 aliphatic carbocycles. The van der Waals surface area contributed by atoms with E-state index < -0.39 is 23.7 Å². The van der Waals surface area contributed by atoms with Gasteiger partial charge in [-0.2, -0.15) is 0 Å². The van der Waals surface area contributed by atoms with Crippen LogP contribution in [0.2, 0.25) is 0 Å². The van der Waals surface area contributed by atoms with Gasteiger partial charge < -0.3 is 16.4 Å². The van der Waals surface area contributed by atoms with Gasteiger partial charge in [-0.25, -0.2) is 0 Å². The van der Waals surface area contributed by atoms with Crippen LogP contribution in [0.15, 0.2) is 59.6 Å². The van der Waals surface area contributed by atoms with Crippen molar-refractivity contribution in [3.8, 4) is 0 Å². The third kappa shape index (κ3) is 8.54. The summed E-state index contributed by atoms with van der Waals surface area (Å²) >= 11 is 0. The Hall–Kier alpha value is -3.48. The van der Waals surface area contributed by atoms with Crippen molar-refractivity contribution in [1.29, 1.82) is 0 Å². The van der Waals surface area contributed by atoms with Crippen LogP contribution in [0.3, 0.4) is 0 Å². The molecule has 2 aromatic rings. The third-order valence-electron chi connectivity index (χ3n) is 6.73. The van der Waals surface area contributed by atoms with Crippen LogP contribution in [0.5, 0.6) is 0 Å². The van der Waals surface area contributed by atoms with Gasteiger partial charge in [0.1, 0.15) is 6.04 Å². The summed E-state index contributed by atoms with van der Waals surface area (Å²) in [5, 5.41) is 0. The Morgan fingerprint density at radius 2 is 1.50 bits per heavy atom. The fourth-order valence-corrected chi connectivity index (χ4v) is 4.63. The molecule has 4 N–H and O–H groups in total. The van der Waals surface area contributed by atoms with Crippen molar-refractivity contribution in [2.75, 3.05) is 11.9 Å². The number of hydrogen-bond acceptors (Lipinski definition) is 4. The zero-order valence-corrected chi connectivity index (χ0v) is 23.9. The van der Waals surface area contributed by atoms with E-state index in [9.17, 15) is 14.4 Å². The van der Waals surface area contributed by atoms with E-state index in [1.165, 1.54) is 0 Å². The first-order chi connectivity index (χ1) is 17.7. The molecule has 1 aliphatic rings. The Morgan fingerprint density at radius 1 is 0.947 bits per heavy atom. The topological polar surface area (TPSA) is 119 Å². The second-order valence-electron chi connectivity index (χ2n) is 11.7. The normalized spacial score (nSPS) is 16.9. The zero-order valence-electron chi connectivity index (χ0n) is 23.9. The highest BCUT2D eigenvalue weighted by Crippen LogP contribution is 2.30. The highest BCUT2D eigenvalue weighted by molar-refractivity contribution is 6.19. The van der Waals surface area contributed by atoms with E-state index in [0.717, 1.165) is 28.9 Å². The van der Waals surface area contributed by atoms with Gasteiger partial charge in [-0.1, -0.05) is 83.1 Å². The van der Waals surface area contributed by atoms with Crippen LogP contribution in [-0.2, 0) is 14.4 Å². The molecule has 1 heterocycles. The standard InChI is InChI=1S/C17H16N2O.C14H28N2O2/c1-12-17(20)19(2)15-11-7-6-10-14(15)16(18-12)13-8-4-3-5-9-13;1-9(2)8-11(13(16)18)10(12(15)17)6-7-14(3,4)5/h3-12H,1-2H3;9-11H,6-8H2,1-5H3,(H2,15,17)(H2,16,18)/t12-;10-,11+/m10/s1. The summed E-state index contributed by atoms with van der Waals surface area (Å²) in [6, 6.07) is 17.5. The van der Waals surface area contributed by atoms with Gasteiger partial charge >= 0.3 is 0 Å². The summed E-state index contributed by atoms with van der Waals surface area (Å²) in [4.78, 5) is 41.7. The fraction of sp³-hybridized carbons (Fsp3) is 0.484. The summed E-state index contributed by atoms with van der Waals surface area (Å²) in [6.45, 7) is 12.2. The van der Waals surface area contributed by atoms with Crippen LogP contribution < -0.4 is 16.4 Å². The van der Waals surface area contributed by atoms with Crippen molar-refractivity contribution in [3.63, 3.8) is 0 Å². The highest BCUT2D eigenvalue weighted by atomic mass is 16.2. The maximum Gasteiger partial charge on any atom is 0.251 e. The molecule has 0 unspecified atom stereocenters. The number of carbonyl (C=O) groups is 3. The van der Waals surface area contributed by atoms with Crippen LogP contribution in [0.25, 0.3) is 0 Å². The lowest BCUT2D eigenvalue weighted by Crippen LogP contribution is -2.39. The molecule has 0 radical (unpaired) electrons. The number of benzene rings is 2. The maximum atomic E-state index is 12.3. The van der Waals surface area contributed by atoms with Crippen molar-refractivity contribution < 1.29 is 14.4 Å². The number of anilines is 1. The number of primary amides is 2. The van der Waals surface area contributed by atoms with E-state index in [-0.39, 0.29) is 17.4 Å². The molecule has 2 aromatic carbocycles. The number of hydrogen-bond donors (Lipinski definition) is 2. The lowest BCUT2D eigenvalue weighted by atomic mass is 9.78. The minimum atomic E-state index is -0.441. The molecule has 7 nitrogen and oxygen atoms in total. The van der Waals surface area contributed by atoms with Crippen molar-refractivity contribution in [1.82, 2.24) is 0 Å². The Morgan fingerprint density at radius 3 is 2.03 bits per heavy atom. The molecule has 38 heavy (non-hydrogen) atoms. The van der Waals surface area contributed by atoms with Crippen LogP contribution in [-0.4, -0.2) is 36.5 Å². The zero-order chi connectivity index (χ0) is 28.6. The van der Waals surface area contributed by atoms with Gasteiger partial charge in [-0.05, 0) is 43.6 Å². The predicted molar refractivity (Wildman–Crippen MR) is 155 cm³/mol. The lowest BCUT2D eigenvalue weighted by Gasteiger charge is -2.26. The van der Waals surface area contributed by atoms with E-state index >= 15 is 0 Å². The van der Waals surface area contributed by atoms with E-state index in [2.05, 4.69) is 25.8 Å². The number of rotatable bonds is 8. The first-order valence-electron chi connectivity index (χ1n) is 13.3. The van der Waals surface area contributed by atoms with E-state index in [1.807, 2.05) is 75.4 Å². The number of likely N-dealkylation sites (N-methyl/N-ethyl adjacent to an activating group) is 1. The van der Waals surface area contributed by atoms with Crippen LogP contribution in [0.4, 0.5) is 5.69 Å². The summed E-state index contributed by atoms with van der Waals surface area (Å²) in [7, 11) is 1.81. The summed E-state index contributed by atoms with van der Waals surface area (Å²) in [5.41, 5.74) is 14.8. The fourth-order valence-electron chi connectivity index (χ4n) is 4.63. The molecule has 0 saturated carbocycles. The van der Waals surface area contributed by atoms with E-state index in [4.69, 9.17) is 11.5 Å². The number of carbonyl (C=O) groups excluding carboxylic acids is 3. The lowest BCUT2D eigenvalue weighted by molar-refractivity contribution is -0.132. The minimum absolute atomic E-state index is 0.0170.